The minimum absolute atomic E-state index is 0.517. The molecule has 2 rings (SSSR count). The van der Waals surface area contributed by atoms with Crippen LogP contribution in [0.3, 0.4) is 0 Å². The van der Waals surface area contributed by atoms with Gasteiger partial charge in [-0.2, -0.15) is 0 Å². The van der Waals surface area contributed by atoms with Gasteiger partial charge in [0.15, 0.2) is 5.82 Å². The molecule has 0 fully saturated rings. The van der Waals surface area contributed by atoms with Crippen molar-refractivity contribution in [1.82, 2.24) is 9.97 Å². The first kappa shape index (κ1) is 18.2. The molecule has 0 unspecified atom stereocenters. The van der Waals surface area contributed by atoms with Crippen LogP contribution in [0, 0.1) is 0 Å². The second kappa shape index (κ2) is 10.6. The SMILES string of the molecule is C=CCOc1ccc(-c2ncc(CCCCCCCC)cn2)cc1. The minimum Gasteiger partial charge on any atom is -0.490 e. The Morgan fingerprint density at radius 1 is 0.958 bits per heavy atom. The van der Waals surface area contributed by atoms with Gasteiger partial charge in [-0.25, -0.2) is 9.97 Å². The fourth-order valence-electron chi connectivity index (χ4n) is 2.60. The minimum atomic E-state index is 0.517. The molecule has 0 atom stereocenters. The predicted molar refractivity (Wildman–Crippen MR) is 100 cm³/mol. The topological polar surface area (TPSA) is 35.0 Å². The molecule has 0 N–H and O–H groups in total. The Kier molecular flexibility index (Phi) is 8.02. The summed E-state index contributed by atoms with van der Waals surface area (Å²) in [7, 11) is 0. The average molecular weight is 324 g/mol. The first-order valence-electron chi connectivity index (χ1n) is 8.98. The molecule has 0 amide bonds. The smallest absolute Gasteiger partial charge is 0.159 e. The van der Waals surface area contributed by atoms with E-state index in [0.717, 1.165) is 23.6 Å². The maximum atomic E-state index is 5.49. The molecule has 0 bridgehead atoms. The van der Waals surface area contributed by atoms with Gasteiger partial charge in [-0.3, -0.25) is 0 Å². The fourth-order valence-corrected chi connectivity index (χ4v) is 2.60. The molecule has 24 heavy (non-hydrogen) atoms. The van der Waals surface area contributed by atoms with Gasteiger partial charge in [0.2, 0.25) is 0 Å². The summed E-state index contributed by atoms with van der Waals surface area (Å²) < 4.78 is 5.49. The zero-order chi connectivity index (χ0) is 17.0. The number of aromatic nitrogens is 2. The van der Waals surface area contributed by atoms with Crippen molar-refractivity contribution in [3.63, 3.8) is 0 Å². The standard InChI is InChI=1S/C21H28N2O/c1-3-5-6-7-8-9-10-18-16-22-21(23-17-18)19-11-13-20(14-12-19)24-15-4-2/h4,11-14,16-17H,2-3,5-10,15H2,1H3. The number of aryl methyl sites for hydroxylation is 1. The van der Waals surface area contributed by atoms with Gasteiger partial charge in [0.25, 0.3) is 0 Å². The van der Waals surface area contributed by atoms with Crippen molar-refractivity contribution in [1.29, 1.82) is 0 Å². The second-order valence-electron chi connectivity index (χ2n) is 6.06. The zero-order valence-electron chi connectivity index (χ0n) is 14.7. The number of rotatable bonds is 11. The average Bonchev–Trinajstić information content (AvgIpc) is 2.64. The first-order valence-corrected chi connectivity index (χ1v) is 8.98. The number of nitrogens with zero attached hydrogens (tertiary/aromatic N) is 2. The summed E-state index contributed by atoms with van der Waals surface area (Å²) in [5.41, 5.74) is 2.23. The summed E-state index contributed by atoms with van der Waals surface area (Å²) >= 11 is 0. The summed E-state index contributed by atoms with van der Waals surface area (Å²) in [6.45, 7) is 6.41. The van der Waals surface area contributed by atoms with E-state index in [9.17, 15) is 0 Å². The van der Waals surface area contributed by atoms with Gasteiger partial charge < -0.3 is 4.74 Å². The van der Waals surface area contributed by atoms with Crippen LogP contribution in [0.4, 0.5) is 0 Å². The highest BCUT2D eigenvalue weighted by Crippen LogP contribution is 2.19. The molecule has 1 aromatic heterocycles. The van der Waals surface area contributed by atoms with Crippen molar-refractivity contribution in [2.45, 2.75) is 51.9 Å². The molecule has 0 aliphatic heterocycles. The second-order valence-corrected chi connectivity index (χ2v) is 6.06. The number of benzene rings is 1. The summed E-state index contributed by atoms with van der Waals surface area (Å²) in [5, 5.41) is 0. The summed E-state index contributed by atoms with van der Waals surface area (Å²) in [5.74, 6) is 1.59. The molecule has 1 aromatic carbocycles. The van der Waals surface area contributed by atoms with Crippen LogP contribution >= 0.6 is 0 Å². The van der Waals surface area contributed by atoms with Crippen molar-refractivity contribution in [3.8, 4) is 17.1 Å². The van der Waals surface area contributed by atoms with Crippen molar-refractivity contribution in [2.24, 2.45) is 0 Å². The third-order valence-corrected chi connectivity index (χ3v) is 4.00. The molecule has 0 saturated carbocycles. The maximum absolute atomic E-state index is 5.49. The quantitative estimate of drug-likeness (QED) is 0.398. The van der Waals surface area contributed by atoms with Crippen LogP contribution < -0.4 is 4.74 Å². The zero-order valence-corrected chi connectivity index (χ0v) is 14.7. The van der Waals surface area contributed by atoms with E-state index in [1.54, 1.807) is 6.08 Å². The Labute approximate surface area is 145 Å². The van der Waals surface area contributed by atoms with E-state index < -0.39 is 0 Å². The van der Waals surface area contributed by atoms with Gasteiger partial charge >= 0.3 is 0 Å². The third-order valence-electron chi connectivity index (χ3n) is 4.00. The van der Waals surface area contributed by atoms with Crippen LogP contribution in [-0.2, 0) is 6.42 Å². The third kappa shape index (κ3) is 6.15. The number of ether oxygens (including phenoxy) is 1. The normalized spacial score (nSPS) is 10.5. The fraction of sp³-hybridized carbons (Fsp3) is 0.429. The molecular weight excluding hydrogens is 296 g/mol. The molecule has 0 spiro atoms. The van der Waals surface area contributed by atoms with Crippen LogP contribution in [0.2, 0.25) is 0 Å². The largest absolute Gasteiger partial charge is 0.490 e. The van der Waals surface area contributed by atoms with Crippen LogP contribution in [-0.4, -0.2) is 16.6 Å². The van der Waals surface area contributed by atoms with Gasteiger partial charge in [0.05, 0.1) is 0 Å². The summed E-state index contributed by atoms with van der Waals surface area (Å²) in [6, 6.07) is 7.85. The summed E-state index contributed by atoms with van der Waals surface area (Å²) in [4.78, 5) is 9.00. The molecule has 0 radical (unpaired) electrons. The molecule has 0 aliphatic rings. The van der Waals surface area contributed by atoms with Crippen LogP contribution in [0.25, 0.3) is 11.4 Å². The Morgan fingerprint density at radius 2 is 1.62 bits per heavy atom. The van der Waals surface area contributed by atoms with E-state index in [-0.39, 0.29) is 0 Å². The van der Waals surface area contributed by atoms with Gasteiger partial charge in [0.1, 0.15) is 12.4 Å². The van der Waals surface area contributed by atoms with Gasteiger partial charge in [0, 0.05) is 18.0 Å². The van der Waals surface area contributed by atoms with E-state index >= 15 is 0 Å². The van der Waals surface area contributed by atoms with Crippen molar-refractivity contribution < 1.29 is 4.74 Å². The van der Waals surface area contributed by atoms with E-state index in [1.807, 2.05) is 36.7 Å². The van der Waals surface area contributed by atoms with Crippen molar-refractivity contribution in [2.75, 3.05) is 6.61 Å². The molecular formula is C21H28N2O. The Balaban J connectivity index is 1.81. The molecule has 0 saturated heterocycles. The van der Waals surface area contributed by atoms with E-state index in [0.29, 0.717) is 6.61 Å². The molecule has 2 aromatic rings. The highest BCUT2D eigenvalue weighted by molar-refractivity contribution is 5.55. The predicted octanol–water partition coefficient (Wildman–Crippen LogP) is 5.61. The number of hydrogen-bond donors (Lipinski definition) is 0. The van der Waals surface area contributed by atoms with Crippen molar-refractivity contribution in [3.05, 3.63) is 54.9 Å². The van der Waals surface area contributed by atoms with E-state index in [4.69, 9.17) is 4.74 Å². The Hall–Kier alpha value is -2.16. The van der Waals surface area contributed by atoms with Crippen LogP contribution in [0.1, 0.15) is 51.0 Å². The van der Waals surface area contributed by atoms with Gasteiger partial charge in [-0.15, -0.1) is 0 Å². The van der Waals surface area contributed by atoms with E-state index in [1.165, 1.54) is 44.1 Å². The van der Waals surface area contributed by atoms with Gasteiger partial charge in [-0.05, 0) is 42.7 Å². The maximum Gasteiger partial charge on any atom is 0.159 e. The summed E-state index contributed by atoms with van der Waals surface area (Å²) in [6.07, 6.45) is 14.6. The monoisotopic (exact) mass is 324 g/mol. The van der Waals surface area contributed by atoms with E-state index in [2.05, 4.69) is 23.5 Å². The molecule has 0 aliphatic carbocycles. The highest BCUT2D eigenvalue weighted by Gasteiger charge is 2.02. The number of hydrogen-bond acceptors (Lipinski definition) is 3. The molecule has 128 valence electrons. The number of unbranched alkanes of at least 4 members (excludes halogenated alkanes) is 5. The lowest BCUT2D eigenvalue weighted by Gasteiger charge is -2.05. The lowest BCUT2D eigenvalue weighted by atomic mass is 10.1. The highest BCUT2D eigenvalue weighted by atomic mass is 16.5. The lowest BCUT2D eigenvalue weighted by molar-refractivity contribution is 0.363. The molecule has 3 nitrogen and oxygen atoms in total. The van der Waals surface area contributed by atoms with Crippen molar-refractivity contribution >= 4 is 0 Å². The van der Waals surface area contributed by atoms with Crippen LogP contribution in [0.5, 0.6) is 5.75 Å². The first-order chi connectivity index (χ1) is 11.8. The Morgan fingerprint density at radius 3 is 2.29 bits per heavy atom. The van der Waals surface area contributed by atoms with Gasteiger partial charge in [-0.1, -0.05) is 51.7 Å². The van der Waals surface area contributed by atoms with Crippen LogP contribution in [0.15, 0.2) is 49.3 Å². The molecule has 3 heteroatoms. The Bertz CT molecular complexity index is 590. The molecule has 1 heterocycles. The lowest BCUT2D eigenvalue weighted by Crippen LogP contribution is -1.94.